The maximum Gasteiger partial charge on any atom is 0.311 e. The van der Waals surface area contributed by atoms with Crippen LogP contribution in [0.5, 0.6) is 5.75 Å². The van der Waals surface area contributed by atoms with E-state index in [0.717, 1.165) is 56.1 Å². The van der Waals surface area contributed by atoms with Gasteiger partial charge in [0.15, 0.2) is 0 Å². The topological polar surface area (TPSA) is 43.4 Å². The Morgan fingerprint density at radius 3 is 2.46 bits per heavy atom. The lowest BCUT2D eigenvalue weighted by molar-refractivity contribution is -0.134. The van der Waals surface area contributed by atoms with Crippen LogP contribution in [0, 0.1) is 17.3 Å². The number of carbonyl (C=O) groups is 2. The van der Waals surface area contributed by atoms with Crippen molar-refractivity contribution in [3.63, 3.8) is 0 Å². The number of ether oxygens (including phenoxy) is 1. The Kier molecular flexibility index (Phi) is 9.69. The third-order valence-corrected chi connectivity index (χ3v) is 9.79. The molecule has 0 heterocycles. The lowest BCUT2D eigenvalue weighted by Gasteiger charge is -2.48. The van der Waals surface area contributed by atoms with E-state index in [1.54, 1.807) is 6.07 Å². The van der Waals surface area contributed by atoms with Crippen LogP contribution in [0.25, 0.3) is 0 Å². The maximum absolute atomic E-state index is 12.9. The van der Waals surface area contributed by atoms with E-state index in [-0.39, 0.29) is 53.8 Å². The lowest BCUT2D eigenvalue weighted by Crippen LogP contribution is -2.42. The molecule has 1 aromatic rings. The van der Waals surface area contributed by atoms with Crippen LogP contribution in [-0.2, 0) is 16.0 Å². The molecule has 4 rings (SSSR count). The zero-order valence-electron chi connectivity index (χ0n) is 28.6. The standard InChI is InChI=1S/C36H54O3/c1-3-4-5-6-7-8-9-10-11-12-13-14-15-16-17-18-35(38)39-29-20-22-30-28(27-29)19-21-32-31(30)25-26-36(2)33(32)23-24-34(36)37/h10-11,20,22,27,31-33H,3-9,12-19,21,23-26H2,1-2H3/b11-10-/i20D,24D2,27D. The van der Waals surface area contributed by atoms with E-state index >= 15 is 0 Å². The van der Waals surface area contributed by atoms with Gasteiger partial charge >= 0.3 is 5.97 Å². The van der Waals surface area contributed by atoms with Crippen molar-refractivity contribution in [2.75, 3.05) is 0 Å². The van der Waals surface area contributed by atoms with Crippen molar-refractivity contribution in [1.82, 2.24) is 0 Å². The number of Topliss-reactive ketones (excluding diaryl/α,β-unsaturated/α-hetero) is 1. The Bertz CT molecular complexity index is 1150. The summed E-state index contributed by atoms with van der Waals surface area (Å²) < 4.78 is 39.6. The quantitative estimate of drug-likeness (QED) is 0.0910. The molecule has 0 amide bonds. The minimum Gasteiger partial charge on any atom is -0.427 e. The summed E-state index contributed by atoms with van der Waals surface area (Å²) in [5.41, 5.74) is 1.22. The van der Waals surface area contributed by atoms with Crippen LogP contribution in [0.1, 0.15) is 158 Å². The predicted molar refractivity (Wildman–Crippen MR) is 161 cm³/mol. The van der Waals surface area contributed by atoms with E-state index < -0.39 is 11.8 Å². The molecule has 0 aliphatic heterocycles. The predicted octanol–water partition coefficient (Wildman–Crippen LogP) is 10.1. The van der Waals surface area contributed by atoms with Crippen LogP contribution in [0.3, 0.4) is 0 Å². The molecule has 0 spiro atoms. The van der Waals surface area contributed by atoms with Crippen molar-refractivity contribution in [2.24, 2.45) is 17.3 Å². The Morgan fingerprint density at radius 2 is 1.72 bits per heavy atom. The molecule has 39 heavy (non-hydrogen) atoms. The summed E-state index contributed by atoms with van der Waals surface area (Å²) >= 11 is 0. The Morgan fingerprint density at radius 1 is 1.03 bits per heavy atom. The van der Waals surface area contributed by atoms with Crippen LogP contribution in [0.15, 0.2) is 30.3 Å². The Labute approximate surface area is 244 Å². The first-order valence-electron chi connectivity index (χ1n) is 18.1. The molecule has 0 aromatic heterocycles. The highest BCUT2D eigenvalue weighted by atomic mass is 16.5. The van der Waals surface area contributed by atoms with Crippen molar-refractivity contribution in [1.29, 1.82) is 0 Å². The summed E-state index contributed by atoms with van der Waals surface area (Å²) in [7, 11) is 0. The second-order valence-corrected chi connectivity index (χ2v) is 12.6. The van der Waals surface area contributed by atoms with Gasteiger partial charge in [-0.1, -0.05) is 83.4 Å². The molecule has 0 N–H and O–H groups in total. The number of benzene rings is 1. The highest BCUT2D eigenvalue weighted by Crippen LogP contribution is 2.59. The van der Waals surface area contributed by atoms with Gasteiger partial charge in [0.2, 0.25) is 0 Å². The molecular weight excluding hydrogens is 480 g/mol. The number of hydrogen-bond donors (Lipinski definition) is 0. The fourth-order valence-electron chi connectivity index (χ4n) is 7.34. The fraction of sp³-hybridized carbons (Fsp3) is 0.722. The van der Waals surface area contributed by atoms with E-state index in [4.69, 9.17) is 10.2 Å². The summed E-state index contributed by atoms with van der Waals surface area (Å²) in [4.78, 5) is 25.5. The SMILES string of the molecule is [2H]c1cc2c(c([2H])c1OC(=O)CCCCCCC/C=C\CCCCCCCC)CCC1C2CCC2(C)C(=O)C([2H])([2H])CC12. The average molecular weight is 539 g/mol. The van der Waals surface area contributed by atoms with E-state index in [2.05, 4.69) is 19.1 Å². The number of hydrogen-bond acceptors (Lipinski definition) is 3. The van der Waals surface area contributed by atoms with Gasteiger partial charge in [-0.2, -0.15) is 0 Å². The van der Waals surface area contributed by atoms with Gasteiger partial charge in [0.1, 0.15) is 11.5 Å². The van der Waals surface area contributed by atoms with Gasteiger partial charge < -0.3 is 4.74 Å². The number of unbranched alkanes of at least 4 members (excludes halogenated alkanes) is 11. The minimum atomic E-state index is -1.77. The number of fused-ring (bicyclic) bond motifs is 5. The molecule has 2 fully saturated rings. The van der Waals surface area contributed by atoms with Gasteiger partial charge in [-0.3, -0.25) is 9.59 Å². The fourth-order valence-corrected chi connectivity index (χ4v) is 7.34. The monoisotopic (exact) mass is 538 g/mol. The molecule has 3 aliphatic carbocycles. The van der Waals surface area contributed by atoms with Crippen LogP contribution >= 0.6 is 0 Å². The molecular formula is C36H54O3. The van der Waals surface area contributed by atoms with E-state index in [0.29, 0.717) is 19.3 Å². The number of ketones is 1. The van der Waals surface area contributed by atoms with Crippen LogP contribution in [0.2, 0.25) is 0 Å². The maximum atomic E-state index is 12.9. The van der Waals surface area contributed by atoms with Gasteiger partial charge in [0.05, 0.1) is 2.74 Å². The molecule has 4 atom stereocenters. The second-order valence-electron chi connectivity index (χ2n) is 12.6. The van der Waals surface area contributed by atoms with Crippen molar-refractivity contribution >= 4 is 11.8 Å². The highest BCUT2D eigenvalue weighted by molar-refractivity contribution is 5.87. The third-order valence-electron chi connectivity index (χ3n) is 9.79. The Balaban J connectivity index is 1.18. The van der Waals surface area contributed by atoms with Gasteiger partial charge in [-0.05, 0) is 105 Å². The molecule has 0 bridgehead atoms. The lowest BCUT2D eigenvalue weighted by atomic mass is 9.55. The molecule has 216 valence electrons. The molecule has 0 saturated heterocycles. The van der Waals surface area contributed by atoms with Crippen LogP contribution in [-0.4, -0.2) is 11.8 Å². The van der Waals surface area contributed by atoms with Gasteiger partial charge in [0, 0.05) is 21.0 Å². The van der Waals surface area contributed by atoms with Gasteiger partial charge in [0.25, 0.3) is 0 Å². The summed E-state index contributed by atoms with van der Waals surface area (Å²) in [6, 6.07) is 2.02. The van der Waals surface area contributed by atoms with Crippen LogP contribution in [0.4, 0.5) is 0 Å². The number of allylic oxidation sites excluding steroid dienone is 2. The third kappa shape index (κ3) is 8.08. The smallest absolute Gasteiger partial charge is 0.311 e. The van der Waals surface area contributed by atoms with Crippen molar-refractivity contribution < 1.29 is 19.8 Å². The first-order valence-corrected chi connectivity index (χ1v) is 16.1. The zero-order valence-corrected chi connectivity index (χ0v) is 24.6. The zero-order chi connectivity index (χ0) is 31.0. The Hall–Kier alpha value is -1.90. The van der Waals surface area contributed by atoms with E-state index in [9.17, 15) is 9.59 Å². The molecule has 0 radical (unpaired) electrons. The molecule has 3 aliphatic rings. The second kappa shape index (κ2) is 15.2. The van der Waals surface area contributed by atoms with E-state index in [1.165, 1.54) is 51.4 Å². The number of rotatable bonds is 16. The van der Waals surface area contributed by atoms with Gasteiger partial charge in [-0.25, -0.2) is 0 Å². The van der Waals surface area contributed by atoms with Crippen molar-refractivity contribution in [2.45, 2.75) is 148 Å². The average Bonchev–Trinajstić information content (AvgIpc) is 3.17. The molecule has 3 nitrogen and oxygen atoms in total. The highest BCUT2D eigenvalue weighted by Gasteiger charge is 2.54. The van der Waals surface area contributed by atoms with Crippen LogP contribution < -0.4 is 4.74 Å². The minimum absolute atomic E-state index is 0.00542. The normalized spacial score (nSPS) is 28.7. The molecule has 1 aromatic carbocycles. The van der Waals surface area contributed by atoms with Crippen molar-refractivity contribution in [3.05, 3.63) is 41.4 Å². The van der Waals surface area contributed by atoms with Crippen molar-refractivity contribution in [3.8, 4) is 5.75 Å². The van der Waals surface area contributed by atoms with Gasteiger partial charge in [-0.15, -0.1) is 0 Å². The summed E-state index contributed by atoms with van der Waals surface area (Å²) in [5, 5.41) is 0. The first-order chi connectivity index (χ1) is 20.6. The molecule has 3 heteroatoms. The largest absolute Gasteiger partial charge is 0.427 e. The first kappa shape index (κ1) is 24.9. The van der Waals surface area contributed by atoms with E-state index in [1.807, 2.05) is 6.92 Å². The summed E-state index contributed by atoms with van der Waals surface area (Å²) in [6.07, 6.45) is 21.9. The molecule has 2 saturated carbocycles. The summed E-state index contributed by atoms with van der Waals surface area (Å²) in [6.45, 7) is 4.20. The molecule has 4 unspecified atom stereocenters. The summed E-state index contributed by atoms with van der Waals surface area (Å²) in [5.74, 6) is -0.242. The number of carbonyl (C=O) groups excluding carboxylic acids is 2. The number of esters is 1.